The minimum atomic E-state index is -0.0544. The van der Waals surface area contributed by atoms with Crippen molar-refractivity contribution in [3.63, 3.8) is 0 Å². The van der Waals surface area contributed by atoms with Crippen LogP contribution in [0.15, 0.2) is 41.3 Å². The Balaban J connectivity index is 2.09. The first kappa shape index (κ1) is 18.4. The highest BCUT2D eigenvalue weighted by molar-refractivity contribution is 6.46. The first-order valence-electron chi connectivity index (χ1n) is 8.06. The quantitative estimate of drug-likeness (QED) is 0.796. The van der Waals surface area contributed by atoms with Gasteiger partial charge in [-0.05, 0) is 31.2 Å². The smallest absolute Gasteiger partial charge is 0.178 e. The zero-order chi connectivity index (χ0) is 17.5. The molecular formula is C18H23ClN4O. The third-order valence-electron chi connectivity index (χ3n) is 3.76. The first-order valence-corrected chi connectivity index (χ1v) is 8.44. The Hall–Kier alpha value is -1.98. The lowest BCUT2D eigenvalue weighted by molar-refractivity contribution is -0.111. The molecule has 2 N–H and O–H groups in total. The maximum absolute atomic E-state index is 11.8. The van der Waals surface area contributed by atoms with Crippen LogP contribution in [0.3, 0.4) is 0 Å². The second kappa shape index (κ2) is 8.76. The number of likely N-dealkylation sites (N-methyl/N-ethyl adjacent to an activating group) is 1. The molecule has 6 heteroatoms. The number of rotatable bonds is 7. The monoisotopic (exact) mass is 346 g/mol. The second-order valence-electron chi connectivity index (χ2n) is 5.64. The van der Waals surface area contributed by atoms with E-state index in [1.807, 2.05) is 31.6 Å². The Morgan fingerprint density at radius 3 is 2.88 bits per heavy atom. The summed E-state index contributed by atoms with van der Waals surface area (Å²) in [7, 11) is 1.85. The van der Waals surface area contributed by atoms with Gasteiger partial charge in [0.2, 0.25) is 0 Å². The van der Waals surface area contributed by atoms with Gasteiger partial charge in [0.05, 0.1) is 16.8 Å². The maximum Gasteiger partial charge on any atom is 0.178 e. The van der Waals surface area contributed by atoms with Crippen LogP contribution in [0, 0.1) is 0 Å². The number of Topliss-reactive ketones (excluding diaryl/α,β-unsaturated/α-hetero) is 1. The Labute approximate surface area is 147 Å². The van der Waals surface area contributed by atoms with Crippen molar-refractivity contribution in [2.45, 2.75) is 39.3 Å². The SMILES string of the molecule is CCCc1ncc(CN/C=C2/C(C(C)=O)=NC=CC2NC)cc1Cl. The summed E-state index contributed by atoms with van der Waals surface area (Å²) < 4.78 is 0. The Morgan fingerprint density at radius 2 is 2.25 bits per heavy atom. The van der Waals surface area contributed by atoms with Gasteiger partial charge in [0.15, 0.2) is 5.78 Å². The molecule has 2 heterocycles. The number of nitrogens with one attached hydrogen (secondary N) is 2. The van der Waals surface area contributed by atoms with Crippen LogP contribution in [-0.4, -0.2) is 29.6 Å². The van der Waals surface area contributed by atoms with Gasteiger partial charge in [-0.2, -0.15) is 0 Å². The summed E-state index contributed by atoms with van der Waals surface area (Å²) >= 11 is 6.26. The average Bonchev–Trinajstić information content (AvgIpc) is 2.57. The lowest BCUT2D eigenvalue weighted by atomic mass is 9.98. The van der Waals surface area contributed by atoms with Crippen LogP contribution >= 0.6 is 11.6 Å². The number of halogens is 1. The van der Waals surface area contributed by atoms with Crippen molar-refractivity contribution < 1.29 is 4.79 Å². The molecule has 24 heavy (non-hydrogen) atoms. The highest BCUT2D eigenvalue weighted by atomic mass is 35.5. The normalized spacial score (nSPS) is 18.6. The summed E-state index contributed by atoms with van der Waals surface area (Å²) in [6, 6.07) is 1.89. The average molecular weight is 347 g/mol. The molecule has 1 unspecified atom stereocenters. The van der Waals surface area contributed by atoms with Gasteiger partial charge in [0.25, 0.3) is 0 Å². The predicted molar refractivity (Wildman–Crippen MR) is 98.3 cm³/mol. The van der Waals surface area contributed by atoms with Crippen molar-refractivity contribution >= 4 is 23.1 Å². The number of ketones is 1. The van der Waals surface area contributed by atoms with E-state index in [9.17, 15) is 4.79 Å². The van der Waals surface area contributed by atoms with Gasteiger partial charge < -0.3 is 10.6 Å². The molecule has 1 aromatic heterocycles. The van der Waals surface area contributed by atoms with Gasteiger partial charge >= 0.3 is 0 Å². The van der Waals surface area contributed by atoms with Crippen molar-refractivity contribution in [3.8, 4) is 0 Å². The van der Waals surface area contributed by atoms with Crippen LogP contribution in [-0.2, 0) is 17.8 Å². The van der Waals surface area contributed by atoms with Crippen LogP contribution in [0.4, 0.5) is 0 Å². The van der Waals surface area contributed by atoms with E-state index in [0.717, 1.165) is 29.7 Å². The third kappa shape index (κ3) is 4.52. The molecule has 2 rings (SSSR count). The fourth-order valence-electron chi connectivity index (χ4n) is 2.54. The summed E-state index contributed by atoms with van der Waals surface area (Å²) in [4.78, 5) is 20.4. The van der Waals surface area contributed by atoms with Crippen LogP contribution in [0.25, 0.3) is 0 Å². The number of carbonyl (C=O) groups is 1. The molecule has 0 spiro atoms. The van der Waals surface area contributed by atoms with Gasteiger partial charge in [0, 0.05) is 37.6 Å². The number of hydrogen-bond donors (Lipinski definition) is 2. The van der Waals surface area contributed by atoms with E-state index >= 15 is 0 Å². The molecule has 1 atom stereocenters. The molecule has 1 aromatic rings. The summed E-state index contributed by atoms with van der Waals surface area (Å²) in [5.74, 6) is -0.0544. The molecule has 128 valence electrons. The van der Waals surface area contributed by atoms with Crippen molar-refractivity contribution in [2.75, 3.05) is 7.05 Å². The highest BCUT2D eigenvalue weighted by Crippen LogP contribution is 2.17. The molecule has 0 amide bonds. The summed E-state index contributed by atoms with van der Waals surface area (Å²) in [6.07, 6.45) is 9.13. The van der Waals surface area contributed by atoms with Crippen molar-refractivity contribution in [1.29, 1.82) is 0 Å². The fraction of sp³-hybridized carbons (Fsp3) is 0.389. The minimum Gasteiger partial charge on any atom is -0.386 e. The maximum atomic E-state index is 11.8. The predicted octanol–water partition coefficient (Wildman–Crippen LogP) is 2.81. The second-order valence-corrected chi connectivity index (χ2v) is 6.05. The fourth-order valence-corrected chi connectivity index (χ4v) is 2.82. The van der Waals surface area contributed by atoms with Crippen LogP contribution in [0.2, 0.25) is 5.02 Å². The van der Waals surface area contributed by atoms with Crippen molar-refractivity contribution in [3.05, 3.63) is 52.6 Å². The van der Waals surface area contributed by atoms with E-state index in [1.54, 1.807) is 6.20 Å². The van der Waals surface area contributed by atoms with E-state index in [4.69, 9.17) is 11.6 Å². The Kier molecular flexibility index (Phi) is 6.70. The molecule has 0 fully saturated rings. The standard InChI is InChI=1S/C18H23ClN4O/c1-4-5-17-15(19)8-13(10-23-17)9-21-11-14-16(20-3)6-7-22-18(14)12(2)24/h6-8,10-11,16,20-21H,4-5,9H2,1-3H3/b14-11+. The molecule has 0 aromatic carbocycles. The number of aryl methyl sites for hydroxylation is 1. The Morgan fingerprint density at radius 1 is 1.46 bits per heavy atom. The zero-order valence-corrected chi connectivity index (χ0v) is 15.0. The largest absolute Gasteiger partial charge is 0.386 e. The number of pyridine rings is 1. The molecule has 1 aliphatic rings. The van der Waals surface area contributed by atoms with Crippen LogP contribution in [0.1, 0.15) is 31.5 Å². The molecular weight excluding hydrogens is 324 g/mol. The minimum absolute atomic E-state index is 0.0393. The van der Waals surface area contributed by atoms with Gasteiger partial charge in [-0.15, -0.1) is 0 Å². The summed E-state index contributed by atoms with van der Waals surface area (Å²) in [6.45, 7) is 4.20. The summed E-state index contributed by atoms with van der Waals surface area (Å²) in [5, 5.41) is 7.09. The number of carbonyl (C=O) groups excluding carboxylic acids is 1. The van der Waals surface area contributed by atoms with E-state index in [2.05, 4.69) is 27.5 Å². The molecule has 0 saturated heterocycles. The van der Waals surface area contributed by atoms with E-state index in [-0.39, 0.29) is 11.8 Å². The van der Waals surface area contributed by atoms with Crippen LogP contribution < -0.4 is 10.6 Å². The number of aromatic nitrogens is 1. The van der Waals surface area contributed by atoms with Crippen LogP contribution in [0.5, 0.6) is 0 Å². The Bertz CT molecular complexity index is 694. The lowest BCUT2D eigenvalue weighted by Gasteiger charge is -2.20. The topological polar surface area (TPSA) is 66.4 Å². The lowest BCUT2D eigenvalue weighted by Crippen LogP contribution is -2.34. The van der Waals surface area contributed by atoms with E-state index < -0.39 is 0 Å². The number of aliphatic imine (C=N–C) groups is 1. The number of hydrogen-bond acceptors (Lipinski definition) is 5. The number of nitrogens with zero attached hydrogens (tertiary/aromatic N) is 2. The zero-order valence-electron chi connectivity index (χ0n) is 14.3. The molecule has 0 bridgehead atoms. The molecule has 1 aliphatic heterocycles. The van der Waals surface area contributed by atoms with E-state index in [0.29, 0.717) is 17.3 Å². The highest BCUT2D eigenvalue weighted by Gasteiger charge is 2.21. The molecule has 0 saturated carbocycles. The van der Waals surface area contributed by atoms with E-state index in [1.165, 1.54) is 6.92 Å². The molecule has 0 aliphatic carbocycles. The third-order valence-corrected chi connectivity index (χ3v) is 4.09. The molecule has 0 radical (unpaired) electrons. The van der Waals surface area contributed by atoms with Gasteiger partial charge in [0.1, 0.15) is 5.71 Å². The van der Waals surface area contributed by atoms with Crippen molar-refractivity contribution in [2.24, 2.45) is 4.99 Å². The summed E-state index contributed by atoms with van der Waals surface area (Å²) in [5.41, 5.74) is 3.22. The molecule has 5 nitrogen and oxygen atoms in total. The van der Waals surface area contributed by atoms with Gasteiger partial charge in [-0.25, -0.2) is 0 Å². The van der Waals surface area contributed by atoms with Gasteiger partial charge in [-0.3, -0.25) is 14.8 Å². The van der Waals surface area contributed by atoms with Gasteiger partial charge in [-0.1, -0.05) is 24.9 Å². The van der Waals surface area contributed by atoms with Crippen molar-refractivity contribution in [1.82, 2.24) is 15.6 Å². The first-order chi connectivity index (χ1) is 11.6.